The van der Waals surface area contributed by atoms with Gasteiger partial charge in [0.15, 0.2) is 0 Å². The van der Waals surface area contributed by atoms with Crippen LogP contribution in [-0.2, 0) is 16.0 Å². The summed E-state index contributed by atoms with van der Waals surface area (Å²) in [4.78, 5) is 28.8. The summed E-state index contributed by atoms with van der Waals surface area (Å²) in [6.07, 6.45) is 0.250. The van der Waals surface area contributed by atoms with Crippen molar-refractivity contribution in [1.29, 1.82) is 0 Å². The number of phenols is 1. The summed E-state index contributed by atoms with van der Waals surface area (Å²) in [5.41, 5.74) is 1.91. The summed E-state index contributed by atoms with van der Waals surface area (Å²) in [6, 6.07) is 21.0. The number of anilines is 1. The second kappa shape index (κ2) is 8.86. The topological polar surface area (TPSA) is 72.9 Å². The van der Waals surface area contributed by atoms with Gasteiger partial charge in [-0.15, -0.1) is 0 Å². The number of fused-ring (bicyclic) bond motifs is 1. The molecule has 0 spiro atoms. The van der Waals surface area contributed by atoms with E-state index in [1.54, 1.807) is 17.0 Å². The predicted molar refractivity (Wildman–Crippen MR) is 118 cm³/mol. The highest BCUT2D eigenvalue weighted by atomic mass is 16.3. The Bertz CT molecular complexity index is 1050. The molecular weight excluding hydrogens is 378 g/mol. The standard InChI is InChI=1S/C24H25N3O3/c28-21-9-4-8-20(16-21)26-11-13-27(14-12-26)24(30)17-25-23(29)15-19-7-3-6-18-5-1-2-10-22(18)19/h1-10,16,28H,11-15,17H2,(H,25,29). The normalized spacial score (nSPS) is 14.0. The van der Waals surface area contributed by atoms with Gasteiger partial charge < -0.3 is 20.2 Å². The van der Waals surface area contributed by atoms with E-state index >= 15 is 0 Å². The first-order valence-electron chi connectivity index (χ1n) is 10.2. The van der Waals surface area contributed by atoms with Crippen LogP contribution >= 0.6 is 0 Å². The first kappa shape index (κ1) is 19.8. The molecule has 3 aromatic carbocycles. The maximum Gasteiger partial charge on any atom is 0.242 e. The van der Waals surface area contributed by atoms with Crippen LogP contribution in [-0.4, -0.2) is 54.5 Å². The second-order valence-electron chi connectivity index (χ2n) is 7.48. The predicted octanol–water partition coefficient (Wildman–Crippen LogP) is 2.55. The molecule has 1 saturated heterocycles. The van der Waals surface area contributed by atoms with Crippen LogP contribution in [0.25, 0.3) is 10.8 Å². The molecule has 154 valence electrons. The third-order valence-electron chi connectivity index (χ3n) is 5.49. The van der Waals surface area contributed by atoms with E-state index < -0.39 is 0 Å². The Balaban J connectivity index is 1.27. The van der Waals surface area contributed by atoms with Gasteiger partial charge in [0.05, 0.1) is 13.0 Å². The highest BCUT2D eigenvalue weighted by Gasteiger charge is 2.21. The summed E-state index contributed by atoms with van der Waals surface area (Å²) >= 11 is 0. The van der Waals surface area contributed by atoms with Crippen LogP contribution in [0.4, 0.5) is 5.69 Å². The number of hydrogen-bond acceptors (Lipinski definition) is 4. The fourth-order valence-electron chi connectivity index (χ4n) is 3.87. The number of benzene rings is 3. The molecular formula is C24H25N3O3. The molecule has 0 bridgehead atoms. The lowest BCUT2D eigenvalue weighted by atomic mass is 10.0. The molecule has 0 radical (unpaired) electrons. The van der Waals surface area contributed by atoms with Gasteiger partial charge in [-0.25, -0.2) is 0 Å². The van der Waals surface area contributed by atoms with E-state index in [4.69, 9.17) is 0 Å². The van der Waals surface area contributed by atoms with Crippen LogP contribution in [0.3, 0.4) is 0 Å². The number of carbonyl (C=O) groups is 2. The molecule has 4 rings (SSSR count). The average molecular weight is 403 g/mol. The van der Waals surface area contributed by atoms with E-state index in [-0.39, 0.29) is 30.5 Å². The molecule has 1 heterocycles. The zero-order valence-corrected chi connectivity index (χ0v) is 16.8. The Morgan fingerprint density at radius 3 is 2.43 bits per heavy atom. The van der Waals surface area contributed by atoms with E-state index in [1.165, 1.54) is 0 Å². The minimum absolute atomic E-state index is 0.00965. The van der Waals surface area contributed by atoms with Crippen molar-refractivity contribution >= 4 is 28.3 Å². The van der Waals surface area contributed by atoms with Crippen molar-refractivity contribution in [2.45, 2.75) is 6.42 Å². The molecule has 0 aliphatic carbocycles. The summed E-state index contributed by atoms with van der Waals surface area (Å²) in [7, 11) is 0. The van der Waals surface area contributed by atoms with Gasteiger partial charge in [0.1, 0.15) is 5.75 Å². The van der Waals surface area contributed by atoms with Gasteiger partial charge in [-0.1, -0.05) is 48.5 Å². The lowest BCUT2D eigenvalue weighted by molar-refractivity contribution is -0.133. The van der Waals surface area contributed by atoms with Crippen molar-refractivity contribution in [2.24, 2.45) is 0 Å². The number of rotatable bonds is 5. The summed E-state index contributed by atoms with van der Waals surface area (Å²) in [5, 5.41) is 14.6. The van der Waals surface area contributed by atoms with Crippen LogP contribution < -0.4 is 10.2 Å². The SMILES string of the molecule is O=C(Cc1cccc2ccccc12)NCC(=O)N1CCN(c2cccc(O)c2)CC1. The highest BCUT2D eigenvalue weighted by molar-refractivity contribution is 5.91. The lowest BCUT2D eigenvalue weighted by Crippen LogP contribution is -2.51. The Hall–Kier alpha value is -3.54. The molecule has 0 unspecified atom stereocenters. The van der Waals surface area contributed by atoms with E-state index in [2.05, 4.69) is 10.2 Å². The minimum atomic E-state index is -0.155. The molecule has 1 aliphatic heterocycles. The molecule has 1 fully saturated rings. The van der Waals surface area contributed by atoms with Crippen molar-refractivity contribution in [3.63, 3.8) is 0 Å². The van der Waals surface area contributed by atoms with Crippen molar-refractivity contribution in [1.82, 2.24) is 10.2 Å². The summed E-state index contributed by atoms with van der Waals surface area (Å²) < 4.78 is 0. The Morgan fingerprint density at radius 1 is 0.900 bits per heavy atom. The maximum atomic E-state index is 12.5. The molecule has 2 N–H and O–H groups in total. The highest BCUT2D eigenvalue weighted by Crippen LogP contribution is 2.21. The van der Waals surface area contributed by atoms with Crippen molar-refractivity contribution in [3.8, 4) is 5.75 Å². The van der Waals surface area contributed by atoms with Gasteiger partial charge in [0, 0.05) is 37.9 Å². The molecule has 30 heavy (non-hydrogen) atoms. The zero-order chi connectivity index (χ0) is 20.9. The van der Waals surface area contributed by atoms with Gasteiger partial charge in [-0.05, 0) is 28.5 Å². The van der Waals surface area contributed by atoms with Gasteiger partial charge >= 0.3 is 0 Å². The Morgan fingerprint density at radius 2 is 1.63 bits per heavy atom. The van der Waals surface area contributed by atoms with Crippen molar-refractivity contribution in [2.75, 3.05) is 37.6 Å². The minimum Gasteiger partial charge on any atom is -0.508 e. The second-order valence-corrected chi connectivity index (χ2v) is 7.48. The van der Waals surface area contributed by atoms with Gasteiger partial charge in [0.2, 0.25) is 11.8 Å². The van der Waals surface area contributed by atoms with Crippen LogP contribution in [0.15, 0.2) is 66.7 Å². The van der Waals surface area contributed by atoms with Crippen LogP contribution in [0.1, 0.15) is 5.56 Å². The van der Waals surface area contributed by atoms with E-state index in [1.807, 2.05) is 54.6 Å². The molecule has 6 heteroatoms. The number of phenolic OH excluding ortho intramolecular Hbond substituents is 1. The average Bonchev–Trinajstić information content (AvgIpc) is 2.78. The van der Waals surface area contributed by atoms with Crippen LogP contribution in [0.5, 0.6) is 5.75 Å². The molecule has 2 amide bonds. The third-order valence-corrected chi connectivity index (χ3v) is 5.49. The number of piperazine rings is 1. The van der Waals surface area contributed by atoms with Gasteiger partial charge in [-0.3, -0.25) is 9.59 Å². The molecule has 3 aromatic rings. The molecule has 0 saturated carbocycles. The fraction of sp³-hybridized carbons (Fsp3) is 0.250. The molecule has 0 atom stereocenters. The number of nitrogens with zero attached hydrogens (tertiary/aromatic N) is 2. The van der Waals surface area contributed by atoms with Gasteiger partial charge in [-0.2, -0.15) is 0 Å². The quantitative estimate of drug-likeness (QED) is 0.687. The largest absolute Gasteiger partial charge is 0.508 e. The zero-order valence-electron chi connectivity index (χ0n) is 16.8. The monoisotopic (exact) mass is 403 g/mol. The number of nitrogens with one attached hydrogen (secondary N) is 1. The molecule has 0 aromatic heterocycles. The lowest BCUT2D eigenvalue weighted by Gasteiger charge is -2.36. The van der Waals surface area contributed by atoms with E-state index in [0.29, 0.717) is 26.2 Å². The van der Waals surface area contributed by atoms with E-state index in [9.17, 15) is 14.7 Å². The summed E-state index contributed by atoms with van der Waals surface area (Å²) in [6.45, 7) is 2.58. The van der Waals surface area contributed by atoms with E-state index in [0.717, 1.165) is 22.0 Å². The number of hydrogen-bond donors (Lipinski definition) is 2. The smallest absolute Gasteiger partial charge is 0.242 e. The Kier molecular flexibility index (Phi) is 5.84. The maximum absolute atomic E-state index is 12.5. The van der Waals surface area contributed by atoms with Crippen LogP contribution in [0, 0.1) is 0 Å². The number of amides is 2. The molecule has 6 nitrogen and oxygen atoms in total. The van der Waals surface area contributed by atoms with Gasteiger partial charge in [0.25, 0.3) is 0 Å². The summed E-state index contributed by atoms with van der Waals surface area (Å²) in [5.74, 6) is 0.00911. The number of aromatic hydroxyl groups is 1. The fourth-order valence-corrected chi connectivity index (χ4v) is 3.87. The molecule has 1 aliphatic rings. The van der Waals surface area contributed by atoms with Crippen LogP contribution in [0.2, 0.25) is 0 Å². The first-order valence-corrected chi connectivity index (χ1v) is 10.2. The Labute approximate surface area is 175 Å². The third kappa shape index (κ3) is 4.54. The first-order chi connectivity index (χ1) is 14.6. The van der Waals surface area contributed by atoms with Crippen molar-refractivity contribution in [3.05, 3.63) is 72.3 Å². The van der Waals surface area contributed by atoms with Crippen molar-refractivity contribution < 1.29 is 14.7 Å². The number of carbonyl (C=O) groups excluding carboxylic acids is 2.